The molecule has 0 unspecified atom stereocenters. The fraction of sp³-hybridized carbons (Fsp3) is 0.526. The number of aromatic nitrogens is 2. The zero-order chi connectivity index (χ0) is 17.4. The molecule has 0 bridgehead atoms. The van der Waals surface area contributed by atoms with Crippen LogP contribution in [0.1, 0.15) is 40.4 Å². The highest BCUT2D eigenvalue weighted by Crippen LogP contribution is 2.36. The van der Waals surface area contributed by atoms with Crippen molar-refractivity contribution in [2.75, 3.05) is 25.6 Å². The first-order chi connectivity index (χ1) is 11.4. The van der Waals surface area contributed by atoms with E-state index >= 15 is 0 Å². The minimum Gasteiger partial charge on any atom is -0.493 e. The molecule has 2 aromatic rings. The van der Waals surface area contributed by atoms with Crippen LogP contribution in [0, 0.1) is 20.8 Å². The van der Waals surface area contributed by atoms with Crippen LogP contribution >= 0.6 is 0 Å². The highest BCUT2D eigenvalue weighted by molar-refractivity contribution is 5.50. The summed E-state index contributed by atoms with van der Waals surface area (Å²) in [5, 5.41) is 8.32. The molecule has 0 aliphatic carbocycles. The minimum atomic E-state index is 0.321. The van der Waals surface area contributed by atoms with Crippen LogP contribution in [0.2, 0.25) is 0 Å². The predicted octanol–water partition coefficient (Wildman–Crippen LogP) is 3.02. The van der Waals surface area contributed by atoms with Crippen molar-refractivity contribution in [3.63, 3.8) is 0 Å². The average molecular weight is 328 g/mol. The normalized spacial score (nSPS) is 16.7. The van der Waals surface area contributed by atoms with Gasteiger partial charge in [-0.3, -0.25) is 4.68 Å². The fourth-order valence-corrected chi connectivity index (χ4v) is 3.77. The Morgan fingerprint density at radius 2 is 2.04 bits per heavy atom. The Hall–Kier alpha value is -2.01. The second kappa shape index (κ2) is 6.48. The molecule has 0 saturated heterocycles. The molecule has 0 amide bonds. The molecule has 1 N–H and O–H groups in total. The van der Waals surface area contributed by atoms with Gasteiger partial charge in [-0.2, -0.15) is 5.10 Å². The second-order valence-electron chi connectivity index (χ2n) is 6.98. The second-order valence-corrected chi connectivity index (χ2v) is 6.98. The van der Waals surface area contributed by atoms with Crippen LogP contribution in [-0.4, -0.2) is 30.5 Å². The van der Waals surface area contributed by atoms with Crippen molar-refractivity contribution in [3.8, 4) is 5.75 Å². The van der Waals surface area contributed by atoms with Gasteiger partial charge in [0.15, 0.2) is 0 Å². The number of ether oxygens (including phenoxy) is 1. The molecule has 130 valence electrons. The summed E-state index contributed by atoms with van der Waals surface area (Å²) in [5.74, 6) is 2.22. The Balaban J connectivity index is 1.85. The van der Waals surface area contributed by atoms with Crippen LogP contribution in [0.5, 0.6) is 5.75 Å². The van der Waals surface area contributed by atoms with E-state index in [2.05, 4.69) is 62.3 Å². The Morgan fingerprint density at radius 1 is 1.29 bits per heavy atom. The van der Waals surface area contributed by atoms with E-state index in [0.717, 1.165) is 36.8 Å². The smallest absolute Gasteiger partial charge is 0.130 e. The molecular weight excluding hydrogens is 300 g/mol. The zero-order valence-corrected chi connectivity index (χ0v) is 15.6. The molecule has 1 aliphatic rings. The number of nitrogens with zero attached hydrogens (tertiary/aromatic N) is 3. The van der Waals surface area contributed by atoms with E-state index in [0.29, 0.717) is 6.04 Å². The predicted molar refractivity (Wildman–Crippen MR) is 97.9 cm³/mol. The highest BCUT2D eigenvalue weighted by Gasteiger charge is 2.24. The maximum absolute atomic E-state index is 5.92. The number of aryl methyl sites for hydroxylation is 4. The average Bonchev–Trinajstić information content (AvgIpc) is 2.79. The number of rotatable bonds is 4. The lowest BCUT2D eigenvalue weighted by Crippen LogP contribution is -2.28. The molecule has 0 saturated carbocycles. The topological polar surface area (TPSA) is 42.3 Å². The van der Waals surface area contributed by atoms with Gasteiger partial charge >= 0.3 is 0 Å². The van der Waals surface area contributed by atoms with Crippen LogP contribution in [0.3, 0.4) is 0 Å². The van der Waals surface area contributed by atoms with E-state index in [1.54, 1.807) is 0 Å². The van der Waals surface area contributed by atoms with Gasteiger partial charge in [-0.05, 0) is 26.3 Å². The molecule has 3 rings (SSSR count). The lowest BCUT2D eigenvalue weighted by Gasteiger charge is -2.29. The molecule has 1 aromatic carbocycles. The van der Waals surface area contributed by atoms with Crippen molar-refractivity contribution in [2.24, 2.45) is 7.05 Å². The standard InChI is InChI=1S/C19H28N4O/c1-12-9-13(2)18-15(10-12)17(7-8-24-18)20-11-16-14(3)21-23(6)19(16)22(4)5/h9-10,17,20H,7-8,11H2,1-6H3/t17-/m0/s1. The van der Waals surface area contributed by atoms with Crippen LogP contribution in [0.25, 0.3) is 0 Å². The van der Waals surface area contributed by atoms with E-state index in [1.165, 1.54) is 22.3 Å². The summed E-state index contributed by atoms with van der Waals surface area (Å²) in [6.45, 7) is 7.93. The number of benzene rings is 1. The third-order valence-corrected chi connectivity index (χ3v) is 4.74. The van der Waals surface area contributed by atoms with Gasteiger partial charge in [-0.1, -0.05) is 17.7 Å². The van der Waals surface area contributed by atoms with Gasteiger partial charge in [0, 0.05) is 51.3 Å². The van der Waals surface area contributed by atoms with Gasteiger partial charge < -0.3 is 15.0 Å². The molecule has 0 radical (unpaired) electrons. The van der Waals surface area contributed by atoms with Gasteiger partial charge in [0.05, 0.1) is 12.3 Å². The first-order valence-electron chi connectivity index (χ1n) is 8.55. The Labute approximate surface area is 144 Å². The third kappa shape index (κ3) is 3.00. The fourth-order valence-electron chi connectivity index (χ4n) is 3.77. The van der Waals surface area contributed by atoms with E-state index in [-0.39, 0.29) is 0 Å². The molecule has 1 aliphatic heterocycles. The largest absolute Gasteiger partial charge is 0.493 e. The first-order valence-corrected chi connectivity index (χ1v) is 8.55. The van der Waals surface area contributed by atoms with E-state index in [1.807, 2.05) is 11.7 Å². The van der Waals surface area contributed by atoms with E-state index < -0.39 is 0 Å². The minimum absolute atomic E-state index is 0.321. The molecule has 24 heavy (non-hydrogen) atoms. The van der Waals surface area contributed by atoms with Crippen LogP contribution in [-0.2, 0) is 13.6 Å². The zero-order valence-electron chi connectivity index (χ0n) is 15.6. The van der Waals surface area contributed by atoms with E-state index in [9.17, 15) is 0 Å². The van der Waals surface area contributed by atoms with Crippen LogP contribution < -0.4 is 15.0 Å². The summed E-state index contributed by atoms with van der Waals surface area (Å²) < 4.78 is 7.87. The number of hydrogen-bond donors (Lipinski definition) is 1. The molecule has 0 spiro atoms. The van der Waals surface area contributed by atoms with E-state index in [4.69, 9.17) is 4.74 Å². The Bertz CT molecular complexity index is 748. The van der Waals surface area contributed by atoms with Gasteiger partial charge in [-0.15, -0.1) is 0 Å². The monoisotopic (exact) mass is 328 g/mol. The van der Waals surface area contributed by atoms with Crippen molar-refractivity contribution < 1.29 is 4.74 Å². The molecule has 5 heteroatoms. The van der Waals surface area contributed by atoms with Gasteiger partial charge in [0.2, 0.25) is 0 Å². The first kappa shape index (κ1) is 16.8. The van der Waals surface area contributed by atoms with Gasteiger partial charge in [0.1, 0.15) is 11.6 Å². The quantitative estimate of drug-likeness (QED) is 0.937. The van der Waals surface area contributed by atoms with Crippen molar-refractivity contribution >= 4 is 5.82 Å². The molecule has 1 atom stereocenters. The van der Waals surface area contributed by atoms with Crippen molar-refractivity contribution in [2.45, 2.75) is 39.8 Å². The Morgan fingerprint density at radius 3 is 2.75 bits per heavy atom. The Kier molecular flexibility index (Phi) is 4.54. The summed E-state index contributed by atoms with van der Waals surface area (Å²) in [7, 11) is 6.13. The number of fused-ring (bicyclic) bond motifs is 1. The maximum atomic E-state index is 5.92. The molecule has 2 heterocycles. The maximum Gasteiger partial charge on any atom is 0.130 e. The summed E-state index contributed by atoms with van der Waals surface area (Å²) in [5.41, 5.74) is 6.14. The van der Waals surface area contributed by atoms with Gasteiger partial charge in [0.25, 0.3) is 0 Å². The summed E-state index contributed by atoms with van der Waals surface area (Å²) >= 11 is 0. The summed E-state index contributed by atoms with van der Waals surface area (Å²) in [4.78, 5) is 2.13. The van der Waals surface area contributed by atoms with Crippen molar-refractivity contribution in [3.05, 3.63) is 40.1 Å². The summed E-state index contributed by atoms with van der Waals surface area (Å²) in [6, 6.07) is 4.76. The SMILES string of the molecule is Cc1cc(C)c2c(c1)[C@@H](NCc1c(C)nn(C)c1N(C)C)CCO2. The van der Waals surface area contributed by atoms with Crippen LogP contribution in [0.15, 0.2) is 12.1 Å². The summed E-state index contributed by atoms with van der Waals surface area (Å²) in [6.07, 6.45) is 0.993. The van der Waals surface area contributed by atoms with Crippen LogP contribution in [0.4, 0.5) is 5.82 Å². The molecule has 5 nitrogen and oxygen atoms in total. The van der Waals surface area contributed by atoms with Gasteiger partial charge in [-0.25, -0.2) is 0 Å². The lowest BCUT2D eigenvalue weighted by atomic mass is 9.95. The lowest BCUT2D eigenvalue weighted by molar-refractivity contribution is 0.250. The highest BCUT2D eigenvalue weighted by atomic mass is 16.5. The molecule has 0 fully saturated rings. The van der Waals surface area contributed by atoms with Crippen molar-refractivity contribution in [1.82, 2.24) is 15.1 Å². The van der Waals surface area contributed by atoms with Crippen molar-refractivity contribution in [1.29, 1.82) is 0 Å². The molecule has 1 aromatic heterocycles. The number of anilines is 1. The number of nitrogens with one attached hydrogen (secondary N) is 1. The molecular formula is C19H28N4O. The number of hydrogen-bond acceptors (Lipinski definition) is 4. The third-order valence-electron chi connectivity index (χ3n) is 4.74.